The lowest BCUT2D eigenvalue weighted by atomic mass is 10.2. The first-order valence-corrected chi connectivity index (χ1v) is 6.89. The van der Waals surface area contributed by atoms with E-state index in [4.69, 9.17) is 4.52 Å². The zero-order chi connectivity index (χ0) is 14.7. The highest BCUT2D eigenvalue weighted by Gasteiger charge is 2.07. The van der Waals surface area contributed by atoms with Gasteiger partial charge in [-0.05, 0) is 17.0 Å². The highest BCUT2D eigenvalue weighted by atomic mass is 32.1. The van der Waals surface area contributed by atoms with E-state index < -0.39 is 4.92 Å². The second-order valence-corrected chi connectivity index (χ2v) is 5.09. The minimum absolute atomic E-state index is 0.0239. The number of nitro benzene ring substituents is 1. The Balaban J connectivity index is 1.80. The molecule has 21 heavy (non-hydrogen) atoms. The molecule has 1 aromatic carbocycles. The Labute approximate surface area is 123 Å². The summed E-state index contributed by atoms with van der Waals surface area (Å²) in [6, 6.07) is 11.8. The molecule has 3 aromatic rings. The van der Waals surface area contributed by atoms with Crippen molar-refractivity contribution in [1.29, 1.82) is 0 Å². The van der Waals surface area contributed by atoms with Crippen molar-refractivity contribution in [2.24, 2.45) is 4.99 Å². The average molecular weight is 299 g/mol. The Morgan fingerprint density at radius 2 is 2.19 bits per heavy atom. The largest absolute Gasteiger partial charge is 0.336 e. The van der Waals surface area contributed by atoms with Crippen LogP contribution in [0.1, 0.15) is 5.56 Å². The van der Waals surface area contributed by atoms with E-state index in [1.54, 1.807) is 29.5 Å². The lowest BCUT2D eigenvalue weighted by molar-refractivity contribution is -0.384. The minimum atomic E-state index is -0.444. The molecule has 2 aromatic heterocycles. The molecular weight excluding hydrogens is 290 g/mol. The number of nitrogens with zero attached hydrogens (tertiary/aromatic N) is 3. The van der Waals surface area contributed by atoms with Crippen LogP contribution < -0.4 is 0 Å². The second kappa shape index (κ2) is 5.68. The molecular formula is C14H9N3O3S. The SMILES string of the molecule is O=[N+]([O-])c1cccc(C=Nc2cc(-c3cccs3)no2)c1. The summed E-state index contributed by atoms with van der Waals surface area (Å²) in [5, 5.41) is 16.6. The van der Waals surface area contributed by atoms with Crippen LogP contribution in [0.2, 0.25) is 0 Å². The smallest absolute Gasteiger partial charge is 0.270 e. The van der Waals surface area contributed by atoms with Crippen molar-refractivity contribution in [1.82, 2.24) is 5.16 Å². The molecule has 0 saturated heterocycles. The van der Waals surface area contributed by atoms with Crippen LogP contribution in [0.15, 0.2) is 57.4 Å². The summed E-state index contributed by atoms with van der Waals surface area (Å²) in [4.78, 5) is 15.4. The summed E-state index contributed by atoms with van der Waals surface area (Å²) < 4.78 is 5.11. The molecule has 0 saturated carbocycles. The molecule has 0 N–H and O–H groups in total. The average Bonchev–Trinajstić information content (AvgIpc) is 3.16. The van der Waals surface area contributed by atoms with Gasteiger partial charge in [0.15, 0.2) is 0 Å². The van der Waals surface area contributed by atoms with Crippen LogP contribution in [0.25, 0.3) is 10.6 Å². The molecule has 0 fully saturated rings. The molecule has 0 aliphatic carbocycles. The van der Waals surface area contributed by atoms with E-state index >= 15 is 0 Å². The number of aromatic nitrogens is 1. The standard InChI is InChI=1S/C14H9N3O3S/c18-17(19)11-4-1-3-10(7-11)9-15-14-8-12(16-20-14)13-5-2-6-21-13/h1-9H. The van der Waals surface area contributed by atoms with E-state index in [1.165, 1.54) is 18.3 Å². The number of nitro groups is 1. The quantitative estimate of drug-likeness (QED) is 0.413. The molecule has 0 spiro atoms. The predicted molar refractivity (Wildman–Crippen MR) is 80.2 cm³/mol. The first kappa shape index (κ1) is 13.2. The van der Waals surface area contributed by atoms with E-state index in [2.05, 4.69) is 10.1 Å². The van der Waals surface area contributed by atoms with Gasteiger partial charge in [0.2, 0.25) is 0 Å². The third kappa shape index (κ3) is 3.03. The molecule has 0 atom stereocenters. The van der Waals surface area contributed by atoms with E-state index in [-0.39, 0.29) is 5.69 Å². The molecule has 104 valence electrons. The van der Waals surface area contributed by atoms with Crippen LogP contribution in [0.3, 0.4) is 0 Å². The Kier molecular flexibility index (Phi) is 3.57. The Morgan fingerprint density at radius 1 is 1.29 bits per heavy atom. The molecule has 0 bridgehead atoms. The van der Waals surface area contributed by atoms with Gasteiger partial charge in [0.05, 0.1) is 9.80 Å². The van der Waals surface area contributed by atoms with E-state index in [9.17, 15) is 10.1 Å². The van der Waals surface area contributed by atoms with Crippen LogP contribution in [-0.2, 0) is 0 Å². The fourth-order valence-electron chi connectivity index (χ4n) is 1.72. The number of benzene rings is 1. The fourth-order valence-corrected chi connectivity index (χ4v) is 2.40. The summed E-state index contributed by atoms with van der Waals surface area (Å²) in [6.07, 6.45) is 1.51. The van der Waals surface area contributed by atoms with Gasteiger partial charge >= 0.3 is 0 Å². The normalized spacial score (nSPS) is 11.0. The molecule has 0 aliphatic heterocycles. The van der Waals surface area contributed by atoms with Gasteiger partial charge in [0, 0.05) is 24.4 Å². The van der Waals surface area contributed by atoms with Gasteiger partial charge < -0.3 is 4.52 Å². The second-order valence-electron chi connectivity index (χ2n) is 4.14. The summed E-state index contributed by atoms with van der Waals surface area (Å²) in [5.41, 5.74) is 1.37. The Bertz CT molecular complexity index is 793. The van der Waals surface area contributed by atoms with Gasteiger partial charge in [0.25, 0.3) is 11.6 Å². The lowest BCUT2D eigenvalue weighted by Gasteiger charge is -1.92. The maximum Gasteiger partial charge on any atom is 0.270 e. The molecule has 0 radical (unpaired) electrons. The van der Waals surface area contributed by atoms with Crippen LogP contribution in [0.4, 0.5) is 11.6 Å². The van der Waals surface area contributed by atoms with E-state index in [0.29, 0.717) is 11.4 Å². The maximum atomic E-state index is 10.7. The van der Waals surface area contributed by atoms with Crippen LogP contribution in [-0.4, -0.2) is 16.3 Å². The van der Waals surface area contributed by atoms with E-state index in [0.717, 1.165) is 10.6 Å². The molecule has 0 amide bonds. The minimum Gasteiger partial charge on any atom is -0.336 e. The topological polar surface area (TPSA) is 81.5 Å². The van der Waals surface area contributed by atoms with Gasteiger partial charge in [-0.1, -0.05) is 23.4 Å². The van der Waals surface area contributed by atoms with Crippen LogP contribution in [0.5, 0.6) is 0 Å². The molecule has 2 heterocycles. The zero-order valence-corrected chi connectivity index (χ0v) is 11.5. The zero-order valence-electron chi connectivity index (χ0n) is 10.7. The number of non-ortho nitro benzene ring substituents is 1. The third-order valence-corrected chi connectivity index (χ3v) is 3.59. The monoisotopic (exact) mass is 299 g/mol. The molecule has 0 unspecified atom stereocenters. The molecule has 6 nitrogen and oxygen atoms in total. The number of hydrogen-bond donors (Lipinski definition) is 0. The number of rotatable bonds is 4. The Morgan fingerprint density at radius 3 is 2.95 bits per heavy atom. The molecule has 3 rings (SSSR count). The summed E-state index contributed by atoms with van der Waals surface area (Å²) in [6.45, 7) is 0. The molecule has 7 heteroatoms. The van der Waals surface area contributed by atoms with Gasteiger partial charge in [-0.2, -0.15) is 0 Å². The van der Waals surface area contributed by atoms with Gasteiger partial charge in [-0.15, -0.1) is 11.3 Å². The van der Waals surface area contributed by atoms with Crippen molar-refractivity contribution >= 4 is 29.1 Å². The highest BCUT2D eigenvalue weighted by Crippen LogP contribution is 2.27. The number of hydrogen-bond acceptors (Lipinski definition) is 6. The van der Waals surface area contributed by atoms with Crippen molar-refractivity contribution in [3.63, 3.8) is 0 Å². The van der Waals surface area contributed by atoms with Gasteiger partial charge in [0.1, 0.15) is 5.69 Å². The third-order valence-electron chi connectivity index (χ3n) is 2.69. The Hall–Kier alpha value is -2.80. The van der Waals surface area contributed by atoms with Gasteiger partial charge in [-0.25, -0.2) is 4.99 Å². The summed E-state index contributed by atoms with van der Waals surface area (Å²) in [5.74, 6) is 0.352. The lowest BCUT2D eigenvalue weighted by Crippen LogP contribution is -1.89. The van der Waals surface area contributed by atoms with Crippen LogP contribution in [0, 0.1) is 10.1 Å². The van der Waals surface area contributed by atoms with Crippen molar-refractivity contribution in [3.05, 3.63) is 63.5 Å². The summed E-state index contributed by atoms with van der Waals surface area (Å²) >= 11 is 1.56. The number of aliphatic imine (C=N–C) groups is 1. The number of thiophene rings is 1. The first-order valence-electron chi connectivity index (χ1n) is 6.01. The van der Waals surface area contributed by atoms with Crippen molar-refractivity contribution in [2.45, 2.75) is 0 Å². The van der Waals surface area contributed by atoms with Crippen molar-refractivity contribution in [3.8, 4) is 10.6 Å². The highest BCUT2D eigenvalue weighted by molar-refractivity contribution is 7.13. The van der Waals surface area contributed by atoms with Crippen molar-refractivity contribution in [2.75, 3.05) is 0 Å². The van der Waals surface area contributed by atoms with E-state index in [1.807, 2.05) is 17.5 Å². The van der Waals surface area contributed by atoms with Gasteiger partial charge in [-0.3, -0.25) is 10.1 Å². The molecule has 0 aliphatic rings. The first-order chi connectivity index (χ1) is 10.2. The van der Waals surface area contributed by atoms with Crippen molar-refractivity contribution < 1.29 is 9.45 Å². The summed E-state index contributed by atoms with van der Waals surface area (Å²) in [7, 11) is 0. The maximum absolute atomic E-state index is 10.7. The van der Waals surface area contributed by atoms with Crippen LogP contribution >= 0.6 is 11.3 Å². The fraction of sp³-hybridized carbons (Fsp3) is 0. The predicted octanol–water partition coefficient (Wildman–Crippen LogP) is 4.06.